The number of aliphatic imine (C=N–C) groups is 1. The fourth-order valence-corrected chi connectivity index (χ4v) is 3.27. The third-order valence-corrected chi connectivity index (χ3v) is 5.12. The van der Waals surface area contributed by atoms with Crippen LogP contribution >= 0.6 is 0 Å². The van der Waals surface area contributed by atoms with Crippen molar-refractivity contribution in [1.82, 2.24) is 16.0 Å². The molecule has 136 valence electrons. The monoisotopic (exact) mass is 336 g/mol. The van der Waals surface area contributed by atoms with Crippen molar-refractivity contribution in [3.63, 3.8) is 0 Å². The van der Waals surface area contributed by atoms with Crippen LogP contribution in [-0.2, 0) is 9.53 Å². The van der Waals surface area contributed by atoms with Gasteiger partial charge in [-0.2, -0.15) is 0 Å². The number of hydrogen-bond acceptors (Lipinski definition) is 3. The van der Waals surface area contributed by atoms with Gasteiger partial charge in [0, 0.05) is 38.2 Å². The number of amides is 1. The van der Waals surface area contributed by atoms with Gasteiger partial charge in [0.05, 0.1) is 6.61 Å². The molecule has 24 heavy (non-hydrogen) atoms. The number of ether oxygens (including phenoxy) is 1. The number of rotatable bonds is 8. The summed E-state index contributed by atoms with van der Waals surface area (Å²) in [5.74, 6) is 2.03. The van der Waals surface area contributed by atoms with Crippen molar-refractivity contribution in [2.75, 3.05) is 26.8 Å². The Morgan fingerprint density at radius 1 is 1.08 bits per heavy atom. The largest absolute Gasteiger partial charge is 0.379 e. The predicted octanol–water partition coefficient (Wildman–Crippen LogP) is 1.42. The van der Waals surface area contributed by atoms with Crippen molar-refractivity contribution in [3.8, 4) is 0 Å². The number of carbonyl (C=O) groups excluding carboxylic acids is 1. The molecule has 6 heteroatoms. The van der Waals surface area contributed by atoms with Gasteiger partial charge in [0.25, 0.3) is 0 Å². The predicted molar refractivity (Wildman–Crippen MR) is 95.0 cm³/mol. The highest BCUT2D eigenvalue weighted by molar-refractivity contribution is 5.81. The lowest BCUT2D eigenvalue weighted by atomic mass is 9.85. The van der Waals surface area contributed by atoms with E-state index in [1.807, 2.05) is 0 Å². The topological polar surface area (TPSA) is 74.8 Å². The molecule has 2 unspecified atom stereocenters. The molecule has 3 rings (SSSR count). The van der Waals surface area contributed by atoms with Gasteiger partial charge in [0.2, 0.25) is 5.91 Å². The zero-order valence-corrected chi connectivity index (χ0v) is 14.9. The van der Waals surface area contributed by atoms with Gasteiger partial charge in [-0.25, -0.2) is 0 Å². The van der Waals surface area contributed by atoms with Crippen LogP contribution in [-0.4, -0.2) is 50.8 Å². The highest BCUT2D eigenvalue weighted by Crippen LogP contribution is 2.28. The molecule has 3 aliphatic carbocycles. The molecule has 0 aromatic carbocycles. The fourth-order valence-electron chi connectivity index (χ4n) is 3.27. The number of nitrogens with one attached hydrogen (secondary N) is 3. The Labute approximate surface area is 145 Å². The van der Waals surface area contributed by atoms with Crippen molar-refractivity contribution >= 4 is 11.9 Å². The molecule has 2 atom stereocenters. The second-order valence-corrected chi connectivity index (χ2v) is 7.50. The molecular formula is C18H32N4O2. The van der Waals surface area contributed by atoms with Crippen molar-refractivity contribution in [2.24, 2.45) is 16.8 Å². The van der Waals surface area contributed by atoms with Crippen LogP contribution in [0.2, 0.25) is 0 Å². The fraction of sp³-hybridized carbons (Fsp3) is 0.889. The standard InChI is InChI=1S/C18H32N4O2/c1-19-18(20-9-10-24-12-13-5-6-13)22-16-4-2-3-14(11-16)17(23)21-15-7-8-15/h13-16H,2-12H2,1H3,(H,21,23)(H2,19,20,22). The Kier molecular flexibility index (Phi) is 6.35. The molecule has 6 nitrogen and oxygen atoms in total. The Bertz CT molecular complexity index is 446. The Morgan fingerprint density at radius 2 is 1.92 bits per heavy atom. The first kappa shape index (κ1) is 17.5. The summed E-state index contributed by atoms with van der Waals surface area (Å²) in [5.41, 5.74) is 0. The molecule has 1 amide bonds. The molecule has 0 aromatic heterocycles. The van der Waals surface area contributed by atoms with Crippen LogP contribution in [0.25, 0.3) is 0 Å². The van der Waals surface area contributed by atoms with Gasteiger partial charge >= 0.3 is 0 Å². The quantitative estimate of drug-likeness (QED) is 0.356. The second-order valence-electron chi connectivity index (χ2n) is 7.50. The lowest BCUT2D eigenvalue weighted by Crippen LogP contribution is -2.47. The number of guanidine groups is 1. The van der Waals surface area contributed by atoms with Crippen LogP contribution in [0, 0.1) is 11.8 Å². The molecule has 0 aromatic rings. The van der Waals surface area contributed by atoms with Gasteiger partial charge in [-0.05, 0) is 50.9 Å². The summed E-state index contributed by atoms with van der Waals surface area (Å²) < 4.78 is 5.64. The van der Waals surface area contributed by atoms with E-state index in [-0.39, 0.29) is 11.8 Å². The van der Waals surface area contributed by atoms with Crippen LogP contribution in [0.1, 0.15) is 51.4 Å². The molecule has 3 N–H and O–H groups in total. The summed E-state index contributed by atoms with van der Waals surface area (Å²) in [6, 6.07) is 0.781. The van der Waals surface area contributed by atoms with Gasteiger partial charge in [-0.1, -0.05) is 6.42 Å². The molecule has 0 heterocycles. The zero-order valence-electron chi connectivity index (χ0n) is 14.9. The third-order valence-electron chi connectivity index (χ3n) is 5.12. The number of carbonyl (C=O) groups is 1. The van der Waals surface area contributed by atoms with E-state index in [1.165, 1.54) is 12.8 Å². The number of nitrogens with zero attached hydrogens (tertiary/aromatic N) is 1. The maximum Gasteiger partial charge on any atom is 0.223 e. The minimum absolute atomic E-state index is 0.150. The molecule has 0 aliphatic heterocycles. The van der Waals surface area contributed by atoms with Crippen molar-refractivity contribution in [3.05, 3.63) is 0 Å². The summed E-state index contributed by atoms with van der Waals surface area (Å²) >= 11 is 0. The smallest absolute Gasteiger partial charge is 0.223 e. The molecule has 0 bridgehead atoms. The van der Waals surface area contributed by atoms with Crippen molar-refractivity contribution in [1.29, 1.82) is 0 Å². The highest BCUT2D eigenvalue weighted by atomic mass is 16.5. The summed E-state index contributed by atoms with van der Waals surface area (Å²) in [7, 11) is 1.79. The minimum atomic E-state index is 0.150. The molecule has 3 aliphatic rings. The van der Waals surface area contributed by atoms with Crippen LogP contribution in [0.3, 0.4) is 0 Å². The van der Waals surface area contributed by atoms with E-state index in [0.717, 1.165) is 63.6 Å². The summed E-state index contributed by atoms with van der Waals surface area (Å²) in [6.45, 7) is 2.38. The maximum atomic E-state index is 12.3. The van der Waals surface area contributed by atoms with E-state index < -0.39 is 0 Å². The highest BCUT2D eigenvalue weighted by Gasteiger charge is 2.31. The zero-order chi connectivity index (χ0) is 16.8. The number of hydrogen-bond donors (Lipinski definition) is 3. The Morgan fingerprint density at radius 3 is 2.62 bits per heavy atom. The van der Waals surface area contributed by atoms with Gasteiger partial charge < -0.3 is 20.7 Å². The van der Waals surface area contributed by atoms with Gasteiger partial charge in [-0.3, -0.25) is 9.79 Å². The van der Waals surface area contributed by atoms with Gasteiger partial charge in [0.15, 0.2) is 5.96 Å². The van der Waals surface area contributed by atoms with Crippen LogP contribution in [0.5, 0.6) is 0 Å². The Balaban J connectivity index is 1.33. The van der Waals surface area contributed by atoms with E-state index >= 15 is 0 Å². The SMILES string of the molecule is CN=C(NCCOCC1CC1)NC1CCCC(C(=O)NC2CC2)C1. The van der Waals surface area contributed by atoms with Crippen LogP contribution in [0.4, 0.5) is 0 Å². The first-order chi connectivity index (χ1) is 11.7. The van der Waals surface area contributed by atoms with Crippen molar-refractivity contribution in [2.45, 2.75) is 63.5 Å². The molecule has 0 spiro atoms. The van der Waals surface area contributed by atoms with Crippen LogP contribution < -0.4 is 16.0 Å². The lowest BCUT2D eigenvalue weighted by molar-refractivity contribution is -0.126. The third kappa shape index (κ3) is 5.96. The van der Waals surface area contributed by atoms with Crippen LogP contribution in [0.15, 0.2) is 4.99 Å². The van der Waals surface area contributed by atoms with Gasteiger partial charge in [-0.15, -0.1) is 0 Å². The van der Waals surface area contributed by atoms with E-state index in [0.29, 0.717) is 18.7 Å². The van der Waals surface area contributed by atoms with E-state index in [4.69, 9.17) is 4.74 Å². The summed E-state index contributed by atoms with van der Waals surface area (Å²) in [5, 5.41) is 9.93. The first-order valence-electron chi connectivity index (χ1n) is 9.60. The van der Waals surface area contributed by atoms with Crippen molar-refractivity contribution < 1.29 is 9.53 Å². The maximum absolute atomic E-state index is 12.3. The van der Waals surface area contributed by atoms with E-state index in [9.17, 15) is 4.79 Å². The second kappa shape index (κ2) is 8.70. The Hall–Kier alpha value is -1.30. The summed E-state index contributed by atoms with van der Waals surface area (Å²) in [4.78, 5) is 16.5. The molecule has 0 radical (unpaired) electrons. The minimum Gasteiger partial charge on any atom is -0.379 e. The average molecular weight is 336 g/mol. The molecule has 0 saturated heterocycles. The molecular weight excluding hydrogens is 304 g/mol. The lowest BCUT2D eigenvalue weighted by Gasteiger charge is -2.30. The normalized spacial score (nSPS) is 27.6. The first-order valence-corrected chi connectivity index (χ1v) is 9.60. The van der Waals surface area contributed by atoms with E-state index in [1.54, 1.807) is 7.05 Å². The molecule has 3 fully saturated rings. The molecule has 3 saturated carbocycles. The average Bonchev–Trinajstić information content (AvgIpc) is 3.49. The summed E-state index contributed by atoms with van der Waals surface area (Å²) in [6.07, 6.45) is 9.07. The van der Waals surface area contributed by atoms with Gasteiger partial charge in [0.1, 0.15) is 0 Å². The van der Waals surface area contributed by atoms with E-state index in [2.05, 4.69) is 20.9 Å².